The Bertz CT molecular complexity index is 648. The Kier molecular flexibility index (Phi) is 3.30. The summed E-state index contributed by atoms with van der Waals surface area (Å²) >= 11 is 0. The zero-order valence-electron chi connectivity index (χ0n) is 14.7. The van der Waals surface area contributed by atoms with Crippen molar-refractivity contribution < 1.29 is 20.1 Å². The van der Waals surface area contributed by atoms with E-state index in [1.54, 1.807) is 19.1 Å². The second-order valence-electron chi connectivity index (χ2n) is 9.10. The molecule has 0 heterocycles. The lowest BCUT2D eigenvalue weighted by Gasteiger charge is -2.58. The minimum Gasteiger partial charge on any atom is -0.390 e. The van der Waals surface area contributed by atoms with Crippen molar-refractivity contribution in [3.05, 3.63) is 23.8 Å². The molecule has 4 nitrogen and oxygen atoms in total. The van der Waals surface area contributed by atoms with Crippen LogP contribution in [-0.2, 0) is 4.79 Å². The van der Waals surface area contributed by atoms with Crippen molar-refractivity contribution in [2.45, 2.75) is 64.3 Å². The molecular weight excluding hydrogens is 304 g/mol. The maximum atomic E-state index is 11.8. The third-order valence-electron chi connectivity index (χ3n) is 8.25. The largest absolute Gasteiger partial charge is 0.390 e. The predicted molar refractivity (Wildman–Crippen MR) is 90.0 cm³/mol. The van der Waals surface area contributed by atoms with E-state index in [-0.39, 0.29) is 28.4 Å². The average molecular weight is 332 g/mol. The lowest BCUT2D eigenvalue weighted by Crippen LogP contribution is -2.56. The molecule has 24 heavy (non-hydrogen) atoms. The first kappa shape index (κ1) is 16.5. The van der Waals surface area contributed by atoms with Crippen LogP contribution in [0.1, 0.15) is 46.5 Å². The van der Waals surface area contributed by atoms with Crippen LogP contribution >= 0.6 is 0 Å². The highest BCUT2D eigenvalue weighted by Crippen LogP contribution is 2.66. The molecule has 3 saturated carbocycles. The molecule has 0 amide bonds. The number of hydrogen-bond acceptors (Lipinski definition) is 4. The first-order chi connectivity index (χ1) is 11.1. The third-order valence-corrected chi connectivity index (χ3v) is 8.25. The summed E-state index contributed by atoms with van der Waals surface area (Å²) in [5, 5.41) is 32.1. The average Bonchev–Trinajstić information content (AvgIpc) is 2.69. The van der Waals surface area contributed by atoms with Crippen LogP contribution in [-0.4, -0.2) is 38.9 Å². The van der Waals surface area contributed by atoms with E-state index in [4.69, 9.17) is 0 Å². The van der Waals surface area contributed by atoms with Gasteiger partial charge in [-0.15, -0.1) is 0 Å². The van der Waals surface area contributed by atoms with Crippen molar-refractivity contribution in [3.63, 3.8) is 0 Å². The van der Waals surface area contributed by atoms with Crippen LogP contribution in [0, 0.1) is 28.6 Å². The summed E-state index contributed by atoms with van der Waals surface area (Å²) < 4.78 is 0. The van der Waals surface area contributed by atoms with Gasteiger partial charge in [-0.05, 0) is 68.1 Å². The molecular formula is C20H28O4. The minimum atomic E-state index is -1.08. The maximum Gasteiger partial charge on any atom is 0.178 e. The number of fused-ring (bicyclic) bond motifs is 5. The molecule has 4 aliphatic carbocycles. The van der Waals surface area contributed by atoms with Gasteiger partial charge in [0.1, 0.15) is 0 Å². The third kappa shape index (κ3) is 1.82. The monoisotopic (exact) mass is 332 g/mol. The van der Waals surface area contributed by atoms with Crippen LogP contribution in [0.15, 0.2) is 23.8 Å². The quantitative estimate of drug-likeness (QED) is 0.634. The maximum absolute atomic E-state index is 11.8. The van der Waals surface area contributed by atoms with E-state index in [1.165, 1.54) is 0 Å². The predicted octanol–water partition coefficient (Wildman–Crippen LogP) is 1.99. The molecule has 132 valence electrons. The number of aliphatic hydroxyl groups is 3. The van der Waals surface area contributed by atoms with Gasteiger partial charge in [-0.3, -0.25) is 4.79 Å². The number of allylic oxidation sites excluding steroid dienone is 3. The van der Waals surface area contributed by atoms with Crippen LogP contribution in [0.5, 0.6) is 0 Å². The number of rotatable bonds is 0. The normalized spacial score (nSPS) is 56.3. The van der Waals surface area contributed by atoms with E-state index < -0.39 is 17.8 Å². The number of aliphatic hydroxyl groups excluding tert-OH is 2. The number of carbonyl (C=O) groups is 1. The van der Waals surface area contributed by atoms with Gasteiger partial charge in [0.25, 0.3) is 0 Å². The zero-order chi connectivity index (χ0) is 17.5. The highest BCUT2D eigenvalue weighted by Gasteiger charge is 2.66. The van der Waals surface area contributed by atoms with Gasteiger partial charge in [0, 0.05) is 10.8 Å². The topological polar surface area (TPSA) is 77.8 Å². The number of carbonyl (C=O) groups excluding carboxylic acids is 1. The second kappa shape index (κ2) is 4.80. The summed E-state index contributed by atoms with van der Waals surface area (Å²) in [6.07, 6.45) is 6.93. The standard InChI is InChI=1S/C20H28O4/c1-18-6-4-11(21)8-15(18)16(22)9-12-13(18)5-7-19(2)14(12)10-17(23)20(19,3)24/h4,6,8,12-14,16-17,22-24H,5,7,9-10H2,1-3H3/t12-,13+,14+,16-,17+,18-,19+,20+/m1/s1. The van der Waals surface area contributed by atoms with E-state index in [1.807, 2.05) is 6.08 Å². The van der Waals surface area contributed by atoms with Crippen LogP contribution in [0.4, 0.5) is 0 Å². The SMILES string of the molecule is C[C@]12C=CC(=O)C=C1[C@H](O)C[C@@H]1[C@@H]2CC[C@@]2(C)[C@H]1C[C@H](O)[C@]2(C)O. The Hall–Kier alpha value is -0.970. The van der Waals surface area contributed by atoms with Gasteiger partial charge in [-0.25, -0.2) is 0 Å². The van der Waals surface area contributed by atoms with E-state index in [9.17, 15) is 20.1 Å². The van der Waals surface area contributed by atoms with Crippen molar-refractivity contribution in [3.8, 4) is 0 Å². The fourth-order valence-corrected chi connectivity index (χ4v) is 6.48. The smallest absolute Gasteiger partial charge is 0.178 e. The summed E-state index contributed by atoms with van der Waals surface area (Å²) in [6, 6.07) is 0. The molecule has 0 unspecified atom stereocenters. The molecule has 0 aromatic rings. The van der Waals surface area contributed by atoms with E-state index in [2.05, 4.69) is 13.8 Å². The molecule has 4 aliphatic rings. The molecule has 0 saturated heterocycles. The van der Waals surface area contributed by atoms with Crippen LogP contribution < -0.4 is 0 Å². The van der Waals surface area contributed by atoms with Crippen molar-refractivity contribution >= 4 is 5.78 Å². The summed E-state index contributed by atoms with van der Waals surface area (Å²) in [5.74, 6) is 0.748. The fourth-order valence-electron chi connectivity index (χ4n) is 6.48. The van der Waals surface area contributed by atoms with Gasteiger partial charge in [-0.2, -0.15) is 0 Å². The van der Waals surface area contributed by atoms with Crippen molar-refractivity contribution in [1.29, 1.82) is 0 Å². The summed E-state index contributed by atoms with van der Waals surface area (Å²) in [6.45, 7) is 6.00. The summed E-state index contributed by atoms with van der Waals surface area (Å²) in [7, 11) is 0. The first-order valence-electron chi connectivity index (χ1n) is 9.15. The van der Waals surface area contributed by atoms with E-state index in [0.29, 0.717) is 18.8 Å². The molecule has 0 aromatic carbocycles. The lowest BCUT2D eigenvalue weighted by atomic mass is 9.47. The van der Waals surface area contributed by atoms with Crippen molar-refractivity contribution in [1.82, 2.24) is 0 Å². The molecule has 4 rings (SSSR count). The molecule has 0 bridgehead atoms. The van der Waals surface area contributed by atoms with Gasteiger partial charge in [-0.1, -0.05) is 19.9 Å². The Morgan fingerprint density at radius 3 is 2.54 bits per heavy atom. The highest BCUT2D eigenvalue weighted by atomic mass is 16.3. The van der Waals surface area contributed by atoms with Crippen LogP contribution in [0.3, 0.4) is 0 Å². The molecule has 3 fully saturated rings. The highest BCUT2D eigenvalue weighted by molar-refractivity contribution is 6.01. The van der Waals surface area contributed by atoms with Gasteiger partial charge >= 0.3 is 0 Å². The summed E-state index contributed by atoms with van der Waals surface area (Å²) in [5.41, 5.74) is -0.843. The van der Waals surface area contributed by atoms with Gasteiger partial charge in [0.05, 0.1) is 17.8 Å². The Morgan fingerprint density at radius 1 is 1.12 bits per heavy atom. The van der Waals surface area contributed by atoms with E-state index in [0.717, 1.165) is 18.4 Å². The molecule has 8 atom stereocenters. The molecule has 0 radical (unpaired) electrons. The molecule has 4 heteroatoms. The lowest BCUT2D eigenvalue weighted by molar-refractivity contribution is -0.144. The second-order valence-corrected chi connectivity index (χ2v) is 9.10. The Balaban J connectivity index is 1.76. The van der Waals surface area contributed by atoms with Crippen LogP contribution in [0.2, 0.25) is 0 Å². The zero-order valence-corrected chi connectivity index (χ0v) is 14.7. The summed E-state index contributed by atoms with van der Waals surface area (Å²) in [4.78, 5) is 11.8. The fraction of sp³-hybridized carbons (Fsp3) is 0.750. The van der Waals surface area contributed by atoms with Gasteiger partial charge < -0.3 is 15.3 Å². The van der Waals surface area contributed by atoms with Crippen molar-refractivity contribution in [2.75, 3.05) is 0 Å². The molecule has 0 aromatic heterocycles. The Morgan fingerprint density at radius 2 is 1.83 bits per heavy atom. The number of hydrogen-bond donors (Lipinski definition) is 3. The Labute approximate surface area is 143 Å². The van der Waals surface area contributed by atoms with E-state index >= 15 is 0 Å². The molecule has 0 aliphatic heterocycles. The molecule has 3 N–H and O–H groups in total. The number of ketones is 1. The minimum absolute atomic E-state index is 0.0418. The van der Waals surface area contributed by atoms with Crippen LogP contribution in [0.25, 0.3) is 0 Å². The first-order valence-corrected chi connectivity index (χ1v) is 9.15. The van der Waals surface area contributed by atoms with Gasteiger partial charge in [0.15, 0.2) is 5.78 Å². The van der Waals surface area contributed by atoms with Crippen molar-refractivity contribution in [2.24, 2.45) is 28.6 Å². The molecule has 0 spiro atoms. The van der Waals surface area contributed by atoms with Gasteiger partial charge in [0.2, 0.25) is 0 Å².